The average Bonchev–Trinajstić information content (AvgIpc) is 3.34. The van der Waals surface area contributed by atoms with E-state index in [4.69, 9.17) is 4.74 Å². The molecule has 26 heavy (non-hydrogen) atoms. The van der Waals surface area contributed by atoms with Crippen molar-refractivity contribution in [2.75, 3.05) is 17.7 Å². The first-order valence-electron chi connectivity index (χ1n) is 8.42. The quantitative estimate of drug-likeness (QED) is 0.701. The SMILES string of the molecule is COc1ccc(NC(C)=O)cc1NC(=O)Cn1ccnc1C(O)C1CC1. The number of anilines is 2. The van der Waals surface area contributed by atoms with Crippen molar-refractivity contribution in [1.82, 2.24) is 9.55 Å². The Bertz CT molecular complexity index is 813. The second-order valence-electron chi connectivity index (χ2n) is 6.34. The zero-order chi connectivity index (χ0) is 18.7. The van der Waals surface area contributed by atoms with Gasteiger partial charge in [-0.3, -0.25) is 9.59 Å². The van der Waals surface area contributed by atoms with Crippen molar-refractivity contribution in [3.05, 3.63) is 36.4 Å². The highest BCUT2D eigenvalue weighted by Gasteiger charge is 2.33. The Hall–Kier alpha value is -2.87. The normalized spacial score (nSPS) is 14.6. The number of hydrogen-bond donors (Lipinski definition) is 3. The van der Waals surface area contributed by atoms with Crippen LogP contribution in [-0.2, 0) is 16.1 Å². The largest absolute Gasteiger partial charge is 0.495 e. The molecule has 0 bridgehead atoms. The summed E-state index contributed by atoms with van der Waals surface area (Å²) in [6.07, 6.45) is 4.56. The summed E-state index contributed by atoms with van der Waals surface area (Å²) < 4.78 is 6.90. The second-order valence-corrected chi connectivity index (χ2v) is 6.34. The van der Waals surface area contributed by atoms with E-state index in [2.05, 4.69) is 15.6 Å². The zero-order valence-electron chi connectivity index (χ0n) is 14.7. The second kappa shape index (κ2) is 7.57. The highest BCUT2D eigenvalue weighted by molar-refractivity contribution is 5.94. The van der Waals surface area contributed by atoms with Crippen LogP contribution in [0.2, 0.25) is 0 Å². The topological polar surface area (TPSA) is 105 Å². The Morgan fingerprint density at radius 3 is 2.81 bits per heavy atom. The average molecular weight is 358 g/mol. The van der Waals surface area contributed by atoms with Crippen LogP contribution in [0.4, 0.5) is 11.4 Å². The molecule has 0 aliphatic heterocycles. The molecule has 0 radical (unpaired) electrons. The third-order valence-electron chi connectivity index (χ3n) is 4.19. The van der Waals surface area contributed by atoms with Gasteiger partial charge in [0.1, 0.15) is 24.2 Å². The van der Waals surface area contributed by atoms with Crippen molar-refractivity contribution in [3.8, 4) is 5.75 Å². The van der Waals surface area contributed by atoms with E-state index in [9.17, 15) is 14.7 Å². The summed E-state index contributed by atoms with van der Waals surface area (Å²) in [6.45, 7) is 1.43. The number of imidazole rings is 1. The number of aromatic nitrogens is 2. The van der Waals surface area contributed by atoms with Gasteiger partial charge in [0.25, 0.3) is 0 Å². The summed E-state index contributed by atoms with van der Waals surface area (Å²) in [5.74, 6) is 0.724. The van der Waals surface area contributed by atoms with E-state index in [0.29, 0.717) is 22.9 Å². The number of hydrogen-bond acceptors (Lipinski definition) is 5. The minimum atomic E-state index is -0.643. The van der Waals surface area contributed by atoms with Gasteiger partial charge in [-0.25, -0.2) is 4.98 Å². The van der Waals surface area contributed by atoms with Gasteiger partial charge >= 0.3 is 0 Å². The predicted octanol–water partition coefficient (Wildman–Crippen LogP) is 1.93. The number of methoxy groups -OCH3 is 1. The van der Waals surface area contributed by atoms with Crippen LogP contribution in [0.1, 0.15) is 31.7 Å². The van der Waals surface area contributed by atoms with Crippen molar-refractivity contribution < 1.29 is 19.4 Å². The first kappa shape index (κ1) is 17.9. The van der Waals surface area contributed by atoms with Gasteiger partial charge in [0.15, 0.2) is 0 Å². The highest BCUT2D eigenvalue weighted by atomic mass is 16.5. The molecule has 2 amide bonds. The van der Waals surface area contributed by atoms with E-state index >= 15 is 0 Å². The molecular weight excluding hydrogens is 336 g/mol. The molecule has 2 aromatic rings. The predicted molar refractivity (Wildman–Crippen MR) is 95.8 cm³/mol. The van der Waals surface area contributed by atoms with E-state index < -0.39 is 6.10 Å². The molecule has 1 aliphatic rings. The van der Waals surface area contributed by atoms with Crippen molar-refractivity contribution in [2.45, 2.75) is 32.4 Å². The first-order valence-corrected chi connectivity index (χ1v) is 8.42. The summed E-state index contributed by atoms with van der Waals surface area (Å²) in [5.41, 5.74) is 1.01. The van der Waals surface area contributed by atoms with Gasteiger partial charge in [-0.2, -0.15) is 0 Å². The number of rotatable bonds is 7. The van der Waals surface area contributed by atoms with Crippen molar-refractivity contribution in [1.29, 1.82) is 0 Å². The molecule has 1 unspecified atom stereocenters. The fourth-order valence-electron chi connectivity index (χ4n) is 2.77. The molecule has 8 nitrogen and oxygen atoms in total. The number of aliphatic hydroxyl groups is 1. The van der Waals surface area contributed by atoms with Crippen LogP contribution >= 0.6 is 0 Å². The summed E-state index contributed by atoms with van der Waals surface area (Å²) >= 11 is 0. The molecular formula is C18H22N4O4. The van der Waals surface area contributed by atoms with E-state index in [1.165, 1.54) is 14.0 Å². The van der Waals surface area contributed by atoms with Crippen LogP contribution < -0.4 is 15.4 Å². The molecule has 3 rings (SSSR count). The Kier molecular flexibility index (Phi) is 5.22. The van der Waals surface area contributed by atoms with Crippen LogP contribution in [-0.4, -0.2) is 33.6 Å². The van der Waals surface area contributed by atoms with Gasteiger partial charge in [-0.15, -0.1) is 0 Å². The number of carbonyl (C=O) groups excluding carboxylic acids is 2. The molecule has 8 heteroatoms. The molecule has 1 aromatic heterocycles. The summed E-state index contributed by atoms with van der Waals surface area (Å²) in [7, 11) is 1.50. The number of benzene rings is 1. The third kappa shape index (κ3) is 4.20. The first-order chi connectivity index (χ1) is 12.5. The van der Waals surface area contributed by atoms with Crippen molar-refractivity contribution in [3.63, 3.8) is 0 Å². The molecule has 3 N–H and O–H groups in total. The molecule has 1 aromatic carbocycles. The van der Waals surface area contributed by atoms with Crippen molar-refractivity contribution >= 4 is 23.2 Å². The number of aliphatic hydroxyl groups excluding tert-OH is 1. The Labute approximate surface area is 151 Å². The van der Waals surface area contributed by atoms with Gasteiger partial charge in [0.2, 0.25) is 11.8 Å². The van der Waals surface area contributed by atoms with Crippen molar-refractivity contribution in [2.24, 2.45) is 5.92 Å². The fraction of sp³-hybridized carbons (Fsp3) is 0.389. The maximum absolute atomic E-state index is 12.5. The van der Waals surface area contributed by atoms with Gasteiger partial charge in [0.05, 0.1) is 12.8 Å². The molecule has 1 fully saturated rings. The number of carbonyl (C=O) groups is 2. The highest BCUT2D eigenvalue weighted by Crippen LogP contribution is 2.40. The number of ether oxygens (including phenoxy) is 1. The lowest BCUT2D eigenvalue weighted by atomic mass is 10.2. The number of nitrogens with one attached hydrogen (secondary N) is 2. The van der Waals surface area contributed by atoms with Gasteiger partial charge < -0.3 is 25.0 Å². The van der Waals surface area contributed by atoms with Gasteiger partial charge in [-0.05, 0) is 37.0 Å². The molecule has 0 spiro atoms. The van der Waals surface area contributed by atoms with Crippen LogP contribution in [0.3, 0.4) is 0 Å². The maximum Gasteiger partial charge on any atom is 0.244 e. The Morgan fingerprint density at radius 2 is 2.15 bits per heavy atom. The Balaban J connectivity index is 1.72. The lowest BCUT2D eigenvalue weighted by Crippen LogP contribution is -2.21. The molecule has 1 saturated carbocycles. The lowest BCUT2D eigenvalue weighted by Gasteiger charge is -2.15. The van der Waals surface area contributed by atoms with Crippen LogP contribution in [0, 0.1) is 5.92 Å². The lowest BCUT2D eigenvalue weighted by molar-refractivity contribution is -0.117. The monoisotopic (exact) mass is 358 g/mol. The van der Waals surface area contributed by atoms with E-state index in [1.54, 1.807) is 35.2 Å². The van der Waals surface area contributed by atoms with Crippen LogP contribution in [0.5, 0.6) is 5.75 Å². The minimum absolute atomic E-state index is 0.0205. The summed E-state index contributed by atoms with van der Waals surface area (Å²) in [5, 5.41) is 15.7. The minimum Gasteiger partial charge on any atom is -0.495 e. The number of nitrogens with zero attached hydrogens (tertiary/aromatic N) is 2. The fourth-order valence-corrected chi connectivity index (χ4v) is 2.77. The standard InChI is InChI=1S/C18H22N4O4/c1-11(23)20-13-5-6-15(26-2)14(9-13)21-16(24)10-22-8-7-19-18(22)17(25)12-3-4-12/h5-9,12,17,25H,3-4,10H2,1-2H3,(H,20,23)(H,21,24). The summed E-state index contributed by atoms with van der Waals surface area (Å²) in [6, 6.07) is 4.99. The van der Waals surface area contributed by atoms with E-state index in [0.717, 1.165) is 12.8 Å². The summed E-state index contributed by atoms with van der Waals surface area (Å²) in [4.78, 5) is 27.8. The van der Waals surface area contributed by atoms with Crippen LogP contribution in [0.15, 0.2) is 30.6 Å². The molecule has 138 valence electrons. The third-order valence-corrected chi connectivity index (χ3v) is 4.19. The van der Waals surface area contributed by atoms with Gasteiger partial charge in [0, 0.05) is 25.0 Å². The Morgan fingerprint density at radius 1 is 1.38 bits per heavy atom. The van der Waals surface area contributed by atoms with Gasteiger partial charge in [-0.1, -0.05) is 0 Å². The van der Waals surface area contributed by atoms with E-state index in [1.807, 2.05) is 0 Å². The van der Waals surface area contributed by atoms with E-state index in [-0.39, 0.29) is 24.3 Å². The maximum atomic E-state index is 12.5. The molecule has 0 saturated heterocycles. The number of amides is 2. The molecule has 1 aliphatic carbocycles. The zero-order valence-corrected chi connectivity index (χ0v) is 14.7. The smallest absolute Gasteiger partial charge is 0.244 e. The molecule has 1 atom stereocenters. The molecule has 1 heterocycles. The van der Waals surface area contributed by atoms with Crippen LogP contribution in [0.25, 0.3) is 0 Å².